The van der Waals surface area contributed by atoms with Gasteiger partial charge in [0.2, 0.25) is 0 Å². The molecule has 0 saturated carbocycles. The number of amides is 1. The number of rotatable bonds is 7. The minimum atomic E-state index is -0.240. The van der Waals surface area contributed by atoms with Gasteiger partial charge in [0, 0.05) is 27.3 Å². The Morgan fingerprint density at radius 1 is 0.645 bits per heavy atom. The van der Waals surface area contributed by atoms with E-state index >= 15 is 0 Å². The van der Waals surface area contributed by atoms with Gasteiger partial charge in [-0.1, -0.05) is 72.8 Å². The molecule has 31 heavy (non-hydrogen) atoms. The van der Waals surface area contributed by atoms with Crippen molar-refractivity contribution in [2.75, 3.05) is 5.32 Å². The number of ketones is 1. The lowest BCUT2D eigenvalue weighted by atomic mass is 10.0. The van der Waals surface area contributed by atoms with E-state index < -0.39 is 0 Å². The fourth-order valence-corrected chi connectivity index (χ4v) is 4.04. The number of benzene rings is 4. The second-order valence-corrected chi connectivity index (χ2v) is 8.04. The molecule has 0 heterocycles. The minimum Gasteiger partial charge on any atom is -0.321 e. The first-order chi connectivity index (χ1) is 15.2. The smallest absolute Gasteiger partial charge is 0.255 e. The molecule has 152 valence electrons. The third-order valence-corrected chi connectivity index (χ3v) is 5.90. The number of para-hydroxylation sites is 1. The largest absolute Gasteiger partial charge is 0.321 e. The lowest BCUT2D eigenvalue weighted by molar-refractivity contribution is 0.102. The average molecular weight is 424 g/mol. The average Bonchev–Trinajstić information content (AvgIpc) is 2.84. The molecule has 4 aromatic carbocycles. The highest BCUT2D eigenvalue weighted by Gasteiger charge is 2.15. The van der Waals surface area contributed by atoms with Gasteiger partial charge in [-0.15, -0.1) is 11.8 Å². The second kappa shape index (κ2) is 9.92. The zero-order valence-electron chi connectivity index (χ0n) is 16.8. The number of hydrogen-bond donors (Lipinski definition) is 1. The van der Waals surface area contributed by atoms with Gasteiger partial charge in [-0.3, -0.25) is 9.59 Å². The van der Waals surface area contributed by atoms with Crippen molar-refractivity contribution in [1.29, 1.82) is 0 Å². The summed E-state index contributed by atoms with van der Waals surface area (Å²) in [6, 6.07) is 33.9. The molecule has 4 heteroatoms. The van der Waals surface area contributed by atoms with Gasteiger partial charge >= 0.3 is 0 Å². The first-order valence-corrected chi connectivity index (χ1v) is 11.0. The van der Waals surface area contributed by atoms with Crippen molar-refractivity contribution in [2.24, 2.45) is 0 Å². The summed E-state index contributed by atoms with van der Waals surface area (Å²) in [5, 5.41) is 2.89. The van der Waals surface area contributed by atoms with Crippen LogP contribution >= 0.6 is 11.8 Å². The SMILES string of the molecule is O=C(Nc1ccccc1C(=O)c1ccccc1)c1ccc(CSc2ccccc2)cc1. The van der Waals surface area contributed by atoms with Gasteiger partial charge in [0.1, 0.15) is 0 Å². The Morgan fingerprint density at radius 2 is 1.26 bits per heavy atom. The molecule has 1 amide bonds. The van der Waals surface area contributed by atoms with Crippen LogP contribution in [-0.2, 0) is 5.75 Å². The number of thioether (sulfide) groups is 1. The maximum absolute atomic E-state index is 12.9. The third-order valence-electron chi connectivity index (χ3n) is 4.82. The standard InChI is InChI=1S/C27H21NO2S/c29-26(21-9-3-1-4-10-21)24-13-7-8-14-25(24)28-27(30)22-17-15-20(16-18-22)19-31-23-11-5-2-6-12-23/h1-18H,19H2,(H,28,30). The maximum atomic E-state index is 12.9. The van der Waals surface area contributed by atoms with Crippen molar-refractivity contribution >= 4 is 29.1 Å². The molecular weight excluding hydrogens is 402 g/mol. The number of nitrogens with one attached hydrogen (secondary N) is 1. The summed E-state index contributed by atoms with van der Waals surface area (Å²) < 4.78 is 0. The van der Waals surface area contributed by atoms with Crippen LogP contribution in [0.1, 0.15) is 31.8 Å². The molecule has 1 N–H and O–H groups in total. The summed E-state index contributed by atoms with van der Waals surface area (Å²) >= 11 is 1.76. The fourth-order valence-electron chi connectivity index (χ4n) is 3.17. The van der Waals surface area contributed by atoms with Crippen molar-refractivity contribution in [3.8, 4) is 0 Å². The lowest BCUT2D eigenvalue weighted by Gasteiger charge is -2.11. The molecule has 0 atom stereocenters. The van der Waals surface area contributed by atoms with Gasteiger partial charge in [-0.2, -0.15) is 0 Å². The molecule has 0 saturated heterocycles. The van der Waals surface area contributed by atoms with Crippen LogP contribution < -0.4 is 5.32 Å². The summed E-state index contributed by atoms with van der Waals surface area (Å²) in [6.07, 6.45) is 0. The van der Waals surface area contributed by atoms with E-state index in [4.69, 9.17) is 0 Å². The normalized spacial score (nSPS) is 10.5. The van der Waals surface area contributed by atoms with E-state index in [0.29, 0.717) is 22.4 Å². The third kappa shape index (κ3) is 5.30. The van der Waals surface area contributed by atoms with Crippen LogP contribution in [-0.4, -0.2) is 11.7 Å². The second-order valence-electron chi connectivity index (χ2n) is 6.99. The van der Waals surface area contributed by atoms with Crippen LogP contribution in [0.5, 0.6) is 0 Å². The van der Waals surface area contributed by atoms with Crippen LogP contribution in [0.25, 0.3) is 0 Å². The van der Waals surface area contributed by atoms with Gasteiger partial charge in [-0.05, 0) is 42.0 Å². The number of carbonyl (C=O) groups is 2. The van der Waals surface area contributed by atoms with Crippen molar-refractivity contribution < 1.29 is 9.59 Å². The van der Waals surface area contributed by atoms with Gasteiger partial charge in [0.05, 0.1) is 5.69 Å². The van der Waals surface area contributed by atoms with Crippen LogP contribution in [0, 0.1) is 0 Å². The topological polar surface area (TPSA) is 46.2 Å². The quantitative estimate of drug-likeness (QED) is 0.274. The summed E-state index contributed by atoms with van der Waals surface area (Å²) in [4.78, 5) is 26.9. The molecule has 4 aromatic rings. The first-order valence-electron chi connectivity index (χ1n) is 9.97. The molecule has 0 aliphatic rings. The van der Waals surface area contributed by atoms with Gasteiger partial charge in [-0.25, -0.2) is 0 Å². The van der Waals surface area contributed by atoms with Crippen LogP contribution in [0.2, 0.25) is 0 Å². The van der Waals surface area contributed by atoms with Crippen LogP contribution in [0.3, 0.4) is 0 Å². The molecule has 3 nitrogen and oxygen atoms in total. The van der Waals surface area contributed by atoms with Crippen molar-refractivity contribution in [3.63, 3.8) is 0 Å². The number of carbonyl (C=O) groups excluding carboxylic acids is 2. The fraction of sp³-hybridized carbons (Fsp3) is 0.0370. The molecule has 0 aliphatic heterocycles. The van der Waals surface area contributed by atoms with Gasteiger partial charge in [0.25, 0.3) is 5.91 Å². The van der Waals surface area contributed by atoms with E-state index in [2.05, 4.69) is 17.4 Å². The summed E-state index contributed by atoms with van der Waals surface area (Å²) in [5.41, 5.74) is 3.26. The van der Waals surface area contributed by atoms with E-state index in [0.717, 1.165) is 11.3 Å². The Kier molecular flexibility index (Phi) is 6.60. The number of hydrogen-bond acceptors (Lipinski definition) is 3. The van der Waals surface area contributed by atoms with Crippen molar-refractivity contribution in [2.45, 2.75) is 10.6 Å². The molecule has 0 radical (unpaired) electrons. The van der Waals surface area contributed by atoms with E-state index in [1.54, 1.807) is 48.2 Å². The molecule has 0 aliphatic carbocycles. The van der Waals surface area contributed by atoms with Crippen LogP contribution in [0.15, 0.2) is 114 Å². The van der Waals surface area contributed by atoms with E-state index in [-0.39, 0.29) is 11.7 Å². The maximum Gasteiger partial charge on any atom is 0.255 e. The highest BCUT2D eigenvalue weighted by Crippen LogP contribution is 2.23. The van der Waals surface area contributed by atoms with E-state index in [1.807, 2.05) is 60.7 Å². The Bertz CT molecular complexity index is 1170. The minimum absolute atomic E-state index is 0.121. The van der Waals surface area contributed by atoms with Gasteiger partial charge in [0.15, 0.2) is 5.78 Å². The Hall–Kier alpha value is -3.63. The van der Waals surface area contributed by atoms with E-state index in [9.17, 15) is 9.59 Å². The predicted molar refractivity (Wildman–Crippen MR) is 127 cm³/mol. The molecule has 4 rings (SSSR count). The summed E-state index contributed by atoms with van der Waals surface area (Å²) in [6.45, 7) is 0. The summed E-state index contributed by atoms with van der Waals surface area (Å²) in [5.74, 6) is 0.473. The Morgan fingerprint density at radius 3 is 1.97 bits per heavy atom. The lowest BCUT2D eigenvalue weighted by Crippen LogP contribution is -2.15. The molecular formula is C27H21NO2S. The Balaban J connectivity index is 1.44. The monoisotopic (exact) mass is 423 g/mol. The van der Waals surface area contributed by atoms with Gasteiger partial charge < -0.3 is 5.32 Å². The Labute approximate surface area is 186 Å². The first kappa shape index (κ1) is 20.6. The summed E-state index contributed by atoms with van der Waals surface area (Å²) in [7, 11) is 0. The zero-order valence-corrected chi connectivity index (χ0v) is 17.6. The van der Waals surface area contributed by atoms with Crippen LogP contribution in [0.4, 0.5) is 5.69 Å². The van der Waals surface area contributed by atoms with Crippen molar-refractivity contribution in [1.82, 2.24) is 0 Å². The molecule has 0 unspecified atom stereocenters. The zero-order chi connectivity index (χ0) is 21.5. The molecule has 0 fully saturated rings. The van der Waals surface area contributed by atoms with Crippen molar-refractivity contribution in [3.05, 3.63) is 131 Å². The molecule has 0 aromatic heterocycles. The molecule has 0 bridgehead atoms. The predicted octanol–water partition coefficient (Wildman–Crippen LogP) is 6.46. The highest BCUT2D eigenvalue weighted by molar-refractivity contribution is 7.98. The van der Waals surface area contributed by atoms with E-state index in [1.165, 1.54) is 4.90 Å². The molecule has 0 spiro atoms. The number of anilines is 1. The highest BCUT2D eigenvalue weighted by atomic mass is 32.2.